The normalized spacial score (nSPS) is 12.0. The summed E-state index contributed by atoms with van der Waals surface area (Å²) in [6.07, 6.45) is 0. The monoisotopic (exact) mass is 948 g/mol. The molecular formula is C66H77NS2. The second-order valence-corrected chi connectivity index (χ2v) is 22.7. The summed E-state index contributed by atoms with van der Waals surface area (Å²) in [7, 11) is 1.13. The largest absolute Gasteiger partial charge is 0.181 e. The predicted molar refractivity (Wildman–Crippen MR) is 309 cm³/mol. The van der Waals surface area contributed by atoms with Gasteiger partial charge in [-0.15, -0.1) is 0 Å². The maximum Gasteiger partial charge on any atom is 0.0925 e. The third kappa shape index (κ3) is 10.6. The van der Waals surface area contributed by atoms with Crippen LogP contribution in [0.25, 0.3) is 66.8 Å². The highest BCUT2D eigenvalue weighted by Gasteiger charge is 2.25. The molecule has 0 aromatic heterocycles. The fourth-order valence-corrected chi connectivity index (χ4v) is 11.3. The second-order valence-electron chi connectivity index (χ2n) is 21.9. The molecule has 0 heterocycles. The van der Waals surface area contributed by atoms with Gasteiger partial charge in [-0.3, -0.25) is 0 Å². The van der Waals surface area contributed by atoms with Gasteiger partial charge in [0.1, 0.15) is 0 Å². The van der Waals surface area contributed by atoms with Gasteiger partial charge in [0, 0.05) is 32.4 Å². The first-order valence-corrected chi connectivity index (χ1v) is 27.5. The Bertz CT molecular complexity index is 2560. The number of benzene rings is 7. The van der Waals surface area contributed by atoms with E-state index in [4.69, 9.17) is 15.6 Å². The maximum absolute atomic E-state index is 5.78. The van der Waals surface area contributed by atoms with Crippen molar-refractivity contribution in [1.29, 1.82) is 0 Å². The van der Waals surface area contributed by atoms with E-state index in [0.29, 0.717) is 47.3 Å². The van der Waals surface area contributed by atoms with Gasteiger partial charge in [0.15, 0.2) is 0 Å². The molecule has 0 aliphatic rings. The van der Waals surface area contributed by atoms with Crippen molar-refractivity contribution < 1.29 is 0 Å². The van der Waals surface area contributed by atoms with E-state index in [9.17, 15) is 0 Å². The van der Waals surface area contributed by atoms with Gasteiger partial charge in [-0.2, -0.15) is 4.36 Å². The fraction of sp³-hybridized carbons (Fsp3) is 0.364. The van der Waals surface area contributed by atoms with E-state index in [1.165, 1.54) is 89.0 Å². The van der Waals surface area contributed by atoms with Crippen LogP contribution >= 0.6 is 0 Å². The van der Waals surface area contributed by atoms with Gasteiger partial charge in [-0.25, -0.2) is 0 Å². The SMILES string of the molecule is CC(C)c1cccc(C(C)C)c1-c1cc(-c2cccc(-c3cc(-c4c(C(C)C)cccc4C(C)C)cc(-c4c(C(C)C)cccc4C(C)C)c3)c2N=S=S)cc(-c2c(C(C)C)cccc2C(C)C)c1. The number of hydrogen-bond acceptors (Lipinski definition) is 2. The lowest BCUT2D eigenvalue weighted by atomic mass is 9.80. The average Bonchev–Trinajstić information content (AvgIpc) is 3.32. The van der Waals surface area contributed by atoms with Gasteiger partial charge >= 0.3 is 0 Å². The van der Waals surface area contributed by atoms with Gasteiger partial charge < -0.3 is 0 Å². The van der Waals surface area contributed by atoms with E-state index in [2.05, 4.69) is 238 Å². The molecule has 0 saturated heterocycles. The summed E-state index contributed by atoms with van der Waals surface area (Å²) in [5, 5.41) is 0. The summed E-state index contributed by atoms with van der Waals surface area (Å²) in [6.45, 7) is 37.3. The molecule has 0 saturated carbocycles. The van der Waals surface area contributed by atoms with Crippen LogP contribution in [-0.2, 0) is 21.3 Å². The van der Waals surface area contributed by atoms with E-state index in [0.717, 1.165) is 38.1 Å². The lowest BCUT2D eigenvalue weighted by molar-refractivity contribution is 0.836. The summed E-state index contributed by atoms with van der Waals surface area (Å²) in [5.41, 5.74) is 26.7. The molecule has 0 radical (unpaired) electrons. The maximum atomic E-state index is 5.78. The fourth-order valence-electron chi connectivity index (χ4n) is 10.8. The first-order chi connectivity index (χ1) is 32.8. The molecule has 3 heteroatoms. The Balaban J connectivity index is 1.63. The van der Waals surface area contributed by atoms with Crippen molar-refractivity contribution in [3.8, 4) is 66.8 Å². The van der Waals surface area contributed by atoms with Crippen LogP contribution in [0.3, 0.4) is 0 Å². The zero-order valence-electron chi connectivity index (χ0n) is 44.5. The van der Waals surface area contributed by atoms with Crippen LogP contribution in [-0.4, -0.2) is 0 Å². The van der Waals surface area contributed by atoms with Crippen LogP contribution in [0.2, 0.25) is 0 Å². The van der Waals surface area contributed by atoms with E-state index in [1.807, 2.05) is 0 Å². The first kappa shape index (κ1) is 51.6. The minimum atomic E-state index is 0.348. The molecule has 7 aromatic carbocycles. The first-order valence-electron chi connectivity index (χ1n) is 25.8. The summed E-state index contributed by atoms with van der Waals surface area (Å²) in [5.74, 6) is 2.79. The molecule has 7 aromatic rings. The van der Waals surface area contributed by atoms with Crippen molar-refractivity contribution in [3.63, 3.8) is 0 Å². The molecule has 0 aliphatic heterocycles. The predicted octanol–water partition coefficient (Wildman–Crippen LogP) is 21.0. The van der Waals surface area contributed by atoms with E-state index in [1.54, 1.807) is 0 Å². The molecule has 0 bridgehead atoms. The number of rotatable bonds is 15. The number of nitrogens with zero attached hydrogens (tertiary/aromatic N) is 1. The van der Waals surface area contributed by atoms with E-state index < -0.39 is 0 Å². The van der Waals surface area contributed by atoms with Crippen LogP contribution in [0, 0.1) is 0 Å². The molecule has 69 heavy (non-hydrogen) atoms. The molecule has 358 valence electrons. The van der Waals surface area contributed by atoms with Crippen LogP contribution < -0.4 is 0 Å². The Kier molecular flexibility index (Phi) is 16.3. The molecule has 0 fully saturated rings. The van der Waals surface area contributed by atoms with Crippen LogP contribution in [0.5, 0.6) is 0 Å². The van der Waals surface area contributed by atoms with E-state index in [-0.39, 0.29) is 0 Å². The standard InChI is InChI=1S/C66H77NS2/c1-38(2)52-22-17-23-53(39(3)4)62(52)48-32-46(33-49(36-48)63-54(40(5)6)24-18-25-55(63)41(7)8)60-30-21-31-61(66(60)67-69-68)47-34-50(64-56(42(9)10)26-19-27-57(64)43(11)12)37-51(35-47)65-58(44(13)14)28-20-29-59(65)45(15)16/h17-45H,1-16H3. The molecule has 0 atom stereocenters. The minimum absolute atomic E-state index is 0.348. The zero-order valence-corrected chi connectivity index (χ0v) is 46.1. The Morgan fingerprint density at radius 2 is 0.478 bits per heavy atom. The third-order valence-corrected chi connectivity index (χ3v) is 14.8. The molecule has 0 N–H and O–H groups in total. The van der Waals surface area contributed by atoms with Gasteiger partial charge in [0.25, 0.3) is 0 Å². The second kappa shape index (κ2) is 21.8. The molecule has 1 nitrogen and oxygen atoms in total. The van der Waals surface area contributed by atoms with Crippen molar-refractivity contribution in [1.82, 2.24) is 0 Å². The Hall–Kier alpha value is -5.22. The van der Waals surface area contributed by atoms with Crippen molar-refractivity contribution >= 4 is 27.0 Å². The average molecular weight is 948 g/mol. The van der Waals surface area contributed by atoms with Gasteiger partial charge in [0.2, 0.25) is 0 Å². The molecule has 0 spiro atoms. The smallest absolute Gasteiger partial charge is 0.0925 e. The van der Waals surface area contributed by atoms with Gasteiger partial charge in [0.05, 0.1) is 5.69 Å². The summed E-state index contributed by atoms with van der Waals surface area (Å²) >= 11 is 5.78. The van der Waals surface area contributed by atoms with Crippen molar-refractivity contribution in [2.45, 2.75) is 158 Å². The summed E-state index contributed by atoms with van der Waals surface area (Å²) in [6, 6.07) is 49.2. The molecule has 7 rings (SSSR count). The lowest BCUT2D eigenvalue weighted by Crippen LogP contribution is -2.03. The Labute approximate surface area is 425 Å². The molecule has 0 aliphatic carbocycles. The van der Waals surface area contributed by atoms with Crippen molar-refractivity contribution in [2.75, 3.05) is 0 Å². The van der Waals surface area contributed by atoms with Crippen molar-refractivity contribution in [2.24, 2.45) is 4.36 Å². The Morgan fingerprint density at radius 3 is 0.667 bits per heavy atom. The quantitative estimate of drug-likeness (QED) is 0.0998. The van der Waals surface area contributed by atoms with Gasteiger partial charge in [-0.05, 0) is 184 Å². The highest BCUT2D eigenvalue weighted by atomic mass is 32.8. The van der Waals surface area contributed by atoms with Crippen molar-refractivity contribution in [3.05, 3.63) is 172 Å². The van der Waals surface area contributed by atoms with Crippen LogP contribution in [0.1, 0.15) is 203 Å². The van der Waals surface area contributed by atoms with Crippen LogP contribution in [0.15, 0.2) is 132 Å². The molecule has 0 amide bonds. The topological polar surface area (TPSA) is 12.4 Å². The highest BCUT2D eigenvalue weighted by Crippen LogP contribution is 2.49. The zero-order chi connectivity index (χ0) is 50.0. The summed E-state index contributed by atoms with van der Waals surface area (Å²) in [4.78, 5) is 0. The highest BCUT2D eigenvalue weighted by molar-refractivity contribution is 8.12. The number of hydrogen-bond donors (Lipinski definition) is 0. The van der Waals surface area contributed by atoms with Crippen LogP contribution in [0.4, 0.5) is 5.69 Å². The minimum Gasteiger partial charge on any atom is -0.181 e. The Morgan fingerprint density at radius 1 is 0.290 bits per heavy atom. The molecule has 0 unspecified atom stereocenters. The van der Waals surface area contributed by atoms with E-state index >= 15 is 0 Å². The third-order valence-electron chi connectivity index (χ3n) is 14.3. The molecular weight excluding hydrogens is 871 g/mol. The lowest BCUT2D eigenvalue weighted by Gasteiger charge is -2.25. The van der Waals surface area contributed by atoms with Gasteiger partial charge in [-0.1, -0.05) is 202 Å². The summed E-state index contributed by atoms with van der Waals surface area (Å²) < 4.78 is 5.27.